The molecule has 1 aliphatic heterocycles. The summed E-state index contributed by atoms with van der Waals surface area (Å²) in [6.45, 7) is 1.21. The van der Waals surface area contributed by atoms with Crippen LogP contribution in [0.4, 0.5) is 5.69 Å². The second-order valence-electron chi connectivity index (χ2n) is 6.52. The normalized spacial score (nSPS) is 14.4. The summed E-state index contributed by atoms with van der Waals surface area (Å²) in [5, 5.41) is 8.21. The topological polar surface area (TPSA) is 63.9 Å². The first kappa shape index (κ1) is 16.4. The van der Waals surface area contributed by atoms with Gasteiger partial charge in [-0.15, -0.1) is 5.10 Å². The van der Waals surface area contributed by atoms with Crippen molar-refractivity contribution in [3.8, 4) is 0 Å². The Hall–Kier alpha value is -3.02. The number of hydrogen-bond donors (Lipinski definition) is 0. The summed E-state index contributed by atoms with van der Waals surface area (Å²) >= 11 is 0. The predicted molar refractivity (Wildman–Crippen MR) is 99.0 cm³/mol. The molecule has 2 aromatic heterocycles. The zero-order valence-corrected chi connectivity index (χ0v) is 14.6. The molecule has 6 nitrogen and oxygen atoms in total. The van der Waals surface area contributed by atoms with Crippen LogP contribution in [-0.2, 0) is 13.0 Å². The number of hydrogen-bond acceptors (Lipinski definition) is 4. The van der Waals surface area contributed by atoms with Gasteiger partial charge >= 0.3 is 0 Å². The van der Waals surface area contributed by atoms with Crippen molar-refractivity contribution >= 4 is 11.6 Å². The van der Waals surface area contributed by atoms with Gasteiger partial charge in [-0.3, -0.25) is 9.78 Å². The third-order valence-electron chi connectivity index (χ3n) is 4.66. The fourth-order valence-electron chi connectivity index (χ4n) is 3.35. The first-order valence-electron chi connectivity index (χ1n) is 9.01. The third kappa shape index (κ3) is 3.49. The molecule has 1 aliphatic rings. The lowest BCUT2D eigenvalue weighted by atomic mass is 10.0. The number of carbonyl (C=O) groups is 1. The molecule has 0 atom stereocenters. The standard InChI is InChI=1S/C20H21N5O/c26-20(18-15-24(23-22-18)14-17-10-5-6-12-21-17)25-13-7-1-2-8-16-9-3-4-11-19(16)25/h3-6,9-12,15H,1-2,7-8,13-14H2. The molecule has 6 heteroatoms. The van der Waals surface area contributed by atoms with E-state index in [0.717, 1.165) is 30.6 Å². The van der Waals surface area contributed by atoms with Gasteiger partial charge in [0.25, 0.3) is 5.91 Å². The summed E-state index contributed by atoms with van der Waals surface area (Å²) < 4.78 is 1.66. The summed E-state index contributed by atoms with van der Waals surface area (Å²) in [6.07, 6.45) is 7.76. The smallest absolute Gasteiger partial charge is 0.280 e. The number of benzene rings is 1. The van der Waals surface area contributed by atoms with E-state index < -0.39 is 0 Å². The molecule has 26 heavy (non-hydrogen) atoms. The average Bonchev–Trinajstić information content (AvgIpc) is 3.11. The van der Waals surface area contributed by atoms with E-state index in [9.17, 15) is 4.79 Å². The van der Waals surface area contributed by atoms with Gasteiger partial charge in [0.15, 0.2) is 5.69 Å². The molecule has 132 valence electrons. The quantitative estimate of drug-likeness (QED) is 0.730. The maximum atomic E-state index is 13.1. The Balaban J connectivity index is 1.58. The van der Waals surface area contributed by atoms with Gasteiger partial charge in [-0.1, -0.05) is 35.9 Å². The van der Waals surface area contributed by atoms with Crippen LogP contribution in [0.5, 0.6) is 0 Å². The van der Waals surface area contributed by atoms with Gasteiger partial charge in [-0.05, 0) is 43.0 Å². The minimum atomic E-state index is -0.0911. The van der Waals surface area contributed by atoms with Crippen molar-refractivity contribution in [1.82, 2.24) is 20.0 Å². The lowest BCUT2D eigenvalue weighted by Crippen LogP contribution is -2.33. The Labute approximate surface area is 152 Å². The minimum Gasteiger partial charge on any atom is -0.307 e. The number of carbonyl (C=O) groups excluding carboxylic acids is 1. The second-order valence-corrected chi connectivity index (χ2v) is 6.52. The molecule has 3 aromatic rings. The number of pyridine rings is 1. The number of para-hydroxylation sites is 1. The van der Waals surface area contributed by atoms with Crippen molar-refractivity contribution in [1.29, 1.82) is 0 Å². The largest absolute Gasteiger partial charge is 0.307 e. The number of rotatable bonds is 3. The molecule has 0 unspecified atom stereocenters. The molecular weight excluding hydrogens is 326 g/mol. The van der Waals surface area contributed by atoms with Crippen LogP contribution in [0, 0.1) is 0 Å². The molecule has 4 rings (SSSR count). The van der Waals surface area contributed by atoms with E-state index in [1.807, 2.05) is 41.3 Å². The third-order valence-corrected chi connectivity index (χ3v) is 4.66. The molecule has 0 fully saturated rings. The maximum absolute atomic E-state index is 13.1. The lowest BCUT2D eigenvalue weighted by molar-refractivity contribution is 0.0981. The Morgan fingerprint density at radius 1 is 1.04 bits per heavy atom. The predicted octanol–water partition coefficient (Wildman–Crippen LogP) is 3.09. The van der Waals surface area contributed by atoms with Crippen molar-refractivity contribution in [3.05, 3.63) is 71.8 Å². The summed E-state index contributed by atoms with van der Waals surface area (Å²) in [7, 11) is 0. The molecule has 0 N–H and O–H groups in total. The van der Waals surface area contributed by atoms with Crippen LogP contribution in [0.2, 0.25) is 0 Å². The van der Waals surface area contributed by atoms with Crippen molar-refractivity contribution in [2.45, 2.75) is 32.2 Å². The number of aryl methyl sites for hydroxylation is 1. The van der Waals surface area contributed by atoms with Crippen molar-refractivity contribution in [2.75, 3.05) is 11.4 Å². The van der Waals surface area contributed by atoms with Gasteiger partial charge in [-0.2, -0.15) is 0 Å². The molecule has 0 aliphatic carbocycles. The second kappa shape index (κ2) is 7.47. The average molecular weight is 347 g/mol. The molecule has 0 spiro atoms. The van der Waals surface area contributed by atoms with Gasteiger partial charge in [0, 0.05) is 18.4 Å². The monoisotopic (exact) mass is 347 g/mol. The Kier molecular flexibility index (Phi) is 4.73. The molecule has 0 saturated carbocycles. The van der Waals surface area contributed by atoms with Crippen LogP contribution >= 0.6 is 0 Å². The number of nitrogens with zero attached hydrogens (tertiary/aromatic N) is 5. The van der Waals surface area contributed by atoms with E-state index in [2.05, 4.69) is 21.4 Å². The highest BCUT2D eigenvalue weighted by Crippen LogP contribution is 2.26. The lowest BCUT2D eigenvalue weighted by Gasteiger charge is -2.26. The number of fused-ring (bicyclic) bond motifs is 1. The van der Waals surface area contributed by atoms with E-state index in [4.69, 9.17) is 0 Å². The molecule has 0 radical (unpaired) electrons. The Morgan fingerprint density at radius 2 is 1.92 bits per heavy atom. The first-order chi connectivity index (χ1) is 12.8. The van der Waals surface area contributed by atoms with Crippen LogP contribution in [-0.4, -0.2) is 32.4 Å². The van der Waals surface area contributed by atoms with Crippen LogP contribution in [0.3, 0.4) is 0 Å². The van der Waals surface area contributed by atoms with Crippen LogP contribution < -0.4 is 4.90 Å². The summed E-state index contributed by atoms with van der Waals surface area (Å²) in [5.74, 6) is -0.0911. The molecular formula is C20H21N5O. The first-order valence-corrected chi connectivity index (χ1v) is 9.01. The fourth-order valence-corrected chi connectivity index (χ4v) is 3.35. The van der Waals surface area contributed by atoms with E-state index >= 15 is 0 Å². The molecule has 3 heterocycles. The Morgan fingerprint density at radius 3 is 2.81 bits per heavy atom. The highest BCUT2D eigenvalue weighted by molar-refractivity contribution is 6.05. The van der Waals surface area contributed by atoms with Gasteiger partial charge in [0.2, 0.25) is 0 Å². The number of anilines is 1. The minimum absolute atomic E-state index is 0.0911. The van der Waals surface area contributed by atoms with Crippen LogP contribution in [0.1, 0.15) is 41.0 Å². The number of amides is 1. The highest BCUT2D eigenvalue weighted by Gasteiger charge is 2.23. The van der Waals surface area contributed by atoms with E-state index in [-0.39, 0.29) is 5.91 Å². The molecule has 1 aromatic carbocycles. The number of aromatic nitrogens is 4. The van der Waals surface area contributed by atoms with Crippen molar-refractivity contribution < 1.29 is 4.79 Å². The fraction of sp³-hybridized carbons (Fsp3) is 0.300. The van der Waals surface area contributed by atoms with E-state index in [0.29, 0.717) is 18.8 Å². The molecule has 0 saturated heterocycles. The SMILES string of the molecule is O=C(c1cn(Cc2ccccn2)nn1)N1CCCCCc2ccccc21. The van der Waals surface area contributed by atoms with E-state index in [1.54, 1.807) is 17.1 Å². The molecule has 1 amide bonds. The zero-order valence-electron chi connectivity index (χ0n) is 14.6. The highest BCUT2D eigenvalue weighted by atomic mass is 16.2. The summed E-state index contributed by atoms with van der Waals surface area (Å²) in [5.41, 5.74) is 3.47. The van der Waals surface area contributed by atoms with Gasteiger partial charge in [0.1, 0.15) is 0 Å². The summed E-state index contributed by atoms with van der Waals surface area (Å²) in [6, 6.07) is 13.9. The van der Waals surface area contributed by atoms with Crippen LogP contribution in [0.25, 0.3) is 0 Å². The Bertz CT molecular complexity index is 890. The van der Waals surface area contributed by atoms with Gasteiger partial charge < -0.3 is 4.90 Å². The van der Waals surface area contributed by atoms with Crippen molar-refractivity contribution in [2.24, 2.45) is 0 Å². The zero-order chi connectivity index (χ0) is 17.8. The molecule has 0 bridgehead atoms. The van der Waals surface area contributed by atoms with E-state index in [1.165, 1.54) is 12.0 Å². The van der Waals surface area contributed by atoms with Crippen molar-refractivity contribution in [3.63, 3.8) is 0 Å². The van der Waals surface area contributed by atoms with Crippen LogP contribution in [0.15, 0.2) is 54.9 Å². The van der Waals surface area contributed by atoms with Gasteiger partial charge in [-0.25, -0.2) is 4.68 Å². The summed E-state index contributed by atoms with van der Waals surface area (Å²) in [4.78, 5) is 19.2. The maximum Gasteiger partial charge on any atom is 0.280 e. The van der Waals surface area contributed by atoms with Gasteiger partial charge in [0.05, 0.1) is 18.4 Å².